The Kier molecular flexibility index (Phi) is 8.24. The van der Waals surface area contributed by atoms with E-state index in [1.54, 1.807) is 14.0 Å². The van der Waals surface area contributed by atoms with E-state index in [0.29, 0.717) is 12.8 Å². The number of nitrogens with zero attached hydrogens (tertiary/aromatic N) is 2. The van der Waals surface area contributed by atoms with E-state index >= 15 is 0 Å². The van der Waals surface area contributed by atoms with E-state index in [9.17, 15) is 18.0 Å². The van der Waals surface area contributed by atoms with Crippen molar-refractivity contribution in [3.8, 4) is 11.8 Å². The summed E-state index contributed by atoms with van der Waals surface area (Å²) in [6.07, 6.45) is -1.59. The maximum absolute atomic E-state index is 14.5. The summed E-state index contributed by atoms with van der Waals surface area (Å²) < 4.78 is 62.9. The van der Waals surface area contributed by atoms with Crippen LogP contribution in [0.3, 0.4) is 0 Å². The highest BCUT2D eigenvalue weighted by atomic mass is 35.5. The predicted octanol–water partition coefficient (Wildman–Crippen LogP) is 4.53. The molecule has 0 saturated carbocycles. The van der Waals surface area contributed by atoms with Crippen molar-refractivity contribution in [2.75, 3.05) is 19.8 Å². The fourth-order valence-corrected chi connectivity index (χ4v) is 3.87. The number of benzene rings is 1. The van der Waals surface area contributed by atoms with Crippen LogP contribution in [-0.2, 0) is 21.3 Å². The Hall–Kier alpha value is -2.04. The predicted molar refractivity (Wildman–Crippen MR) is 111 cm³/mol. The molecule has 1 aromatic carbocycles. The molecule has 1 aliphatic heterocycles. The number of aromatic nitrogens is 2. The van der Waals surface area contributed by atoms with E-state index in [0.717, 1.165) is 12.5 Å². The van der Waals surface area contributed by atoms with E-state index < -0.39 is 25.0 Å². The van der Waals surface area contributed by atoms with E-state index in [1.807, 2.05) is 6.92 Å². The number of ketones is 1. The Morgan fingerprint density at radius 1 is 1.38 bits per heavy atom. The monoisotopic (exact) mass is 478 g/mol. The molecule has 2 aromatic rings. The lowest BCUT2D eigenvalue weighted by Crippen LogP contribution is -2.39. The molecule has 178 valence electrons. The maximum Gasteiger partial charge on any atom is 0.297 e. The van der Waals surface area contributed by atoms with Gasteiger partial charge in [-0.3, -0.25) is 4.57 Å². The van der Waals surface area contributed by atoms with Gasteiger partial charge in [-0.05, 0) is 25.7 Å². The van der Waals surface area contributed by atoms with Crippen molar-refractivity contribution in [2.45, 2.75) is 51.9 Å². The fraction of sp³-hybridized carbons (Fsp3) is 0.619. The first-order valence-electron chi connectivity index (χ1n) is 10.3. The Morgan fingerprint density at radius 3 is 2.69 bits per heavy atom. The number of carbonyl (C=O) groups is 1. The molecule has 0 radical (unpaired) electrons. The SMILES string of the molecule is CC(=O)C[C@@H](C)CCC1OCC(Oc2nc3c(F)cc(OCC(F)F)c(Cl)c3n2C)CO1. The van der Waals surface area contributed by atoms with E-state index in [1.165, 1.54) is 4.57 Å². The molecule has 1 aliphatic rings. The zero-order valence-electron chi connectivity index (χ0n) is 18.1. The van der Waals surface area contributed by atoms with Crippen LogP contribution >= 0.6 is 11.6 Å². The van der Waals surface area contributed by atoms with Crippen LogP contribution in [-0.4, -0.2) is 54.0 Å². The van der Waals surface area contributed by atoms with Gasteiger partial charge in [-0.15, -0.1) is 0 Å². The summed E-state index contributed by atoms with van der Waals surface area (Å²) in [5.41, 5.74) is 0.104. The van der Waals surface area contributed by atoms with Crippen LogP contribution in [0.25, 0.3) is 11.0 Å². The number of imidazole rings is 1. The number of Topliss-reactive ketones (excluding diaryl/α,β-unsaturated/α-hetero) is 1. The summed E-state index contributed by atoms with van der Waals surface area (Å²) in [5.74, 6) is -0.557. The number of alkyl halides is 2. The third-order valence-electron chi connectivity index (χ3n) is 5.07. The highest BCUT2D eigenvalue weighted by Crippen LogP contribution is 2.37. The van der Waals surface area contributed by atoms with Crippen LogP contribution in [0.4, 0.5) is 13.2 Å². The van der Waals surface area contributed by atoms with Crippen molar-refractivity contribution in [3.05, 3.63) is 16.9 Å². The number of hydrogen-bond acceptors (Lipinski definition) is 6. The van der Waals surface area contributed by atoms with Crippen LogP contribution in [0.5, 0.6) is 11.8 Å². The average molecular weight is 479 g/mol. The lowest BCUT2D eigenvalue weighted by atomic mass is 9.99. The molecule has 1 saturated heterocycles. The number of carbonyl (C=O) groups excluding carboxylic acids is 1. The van der Waals surface area contributed by atoms with Gasteiger partial charge in [0, 0.05) is 19.5 Å². The average Bonchev–Trinajstić information content (AvgIpc) is 3.05. The molecule has 0 spiro atoms. The summed E-state index contributed by atoms with van der Waals surface area (Å²) in [6.45, 7) is 3.17. The molecule has 0 aliphatic carbocycles. The molecule has 32 heavy (non-hydrogen) atoms. The molecular formula is C21H26ClF3N2O5. The van der Waals surface area contributed by atoms with Crippen molar-refractivity contribution < 1.29 is 36.9 Å². The van der Waals surface area contributed by atoms with Gasteiger partial charge in [-0.2, -0.15) is 4.98 Å². The second-order valence-corrected chi connectivity index (χ2v) is 8.33. The number of halogens is 4. The number of fused-ring (bicyclic) bond motifs is 1. The zero-order valence-corrected chi connectivity index (χ0v) is 18.8. The summed E-state index contributed by atoms with van der Waals surface area (Å²) in [5, 5.41) is -0.0391. The standard InChI is InChI=1S/C21H26ClF3N2O5/c1-11(6-12(2)28)4-5-17-30-8-13(9-31-17)32-21-26-19-14(23)7-15(29-10-16(24)25)18(22)20(19)27(21)3/h7,11,13,16-17H,4-6,8-10H2,1-3H3/t11-,13?,17?/m0/s1. The van der Waals surface area contributed by atoms with Gasteiger partial charge in [0.1, 0.15) is 34.8 Å². The Morgan fingerprint density at radius 2 is 2.06 bits per heavy atom. The second kappa shape index (κ2) is 10.7. The molecule has 3 rings (SSSR count). The molecule has 7 nitrogen and oxygen atoms in total. The number of aryl methyl sites for hydroxylation is 1. The molecule has 0 N–H and O–H groups in total. The maximum atomic E-state index is 14.5. The summed E-state index contributed by atoms with van der Waals surface area (Å²) >= 11 is 6.25. The minimum absolute atomic E-state index is 0.0391. The second-order valence-electron chi connectivity index (χ2n) is 7.95. The lowest BCUT2D eigenvalue weighted by Gasteiger charge is -2.29. The summed E-state index contributed by atoms with van der Waals surface area (Å²) in [6, 6.07) is 1.01. The van der Waals surface area contributed by atoms with Gasteiger partial charge in [0.05, 0.1) is 18.7 Å². The molecule has 1 atom stereocenters. The van der Waals surface area contributed by atoms with Crippen LogP contribution in [0.2, 0.25) is 5.02 Å². The van der Waals surface area contributed by atoms with Gasteiger partial charge in [0.2, 0.25) is 0 Å². The molecule has 0 unspecified atom stereocenters. The molecule has 0 amide bonds. The largest absolute Gasteiger partial charge is 0.486 e. The third kappa shape index (κ3) is 6.05. The van der Waals surface area contributed by atoms with Crippen molar-refractivity contribution in [1.82, 2.24) is 9.55 Å². The molecular weight excluding hydrogens is 453 g/mol. The summed E-state index contributed by atoms with van der Waals surface area (Å²) in [4.78, 5) is 15.3. The van der Waals surface area contributed by atoms with Crippen LogP contribution < -0.4 is 9.47 Å². The highest BCUT2D eigenvalue weighted by Gasteiger charge is 2.27. The van der Waals surface area contributed by atoms with Crippen molar-refractivity contribution in [3.63, 3.8) is 0 Å². The normalized spacial score (nSPS) is 20.0. The zero-order chi connectivity index (χ0) is 23.4. The number of ether oxygens (including phenoxy) is 4. The van der Waals surface area contributed by atoms with Gasteiger partial charge in [0.15, 0.2) is 12.1 Å². The summed E-state index contributed by atoms with van der Waals surface area (Å²) in [7, 11) is 1.57. The number of hydrogen-bond donors (Lipinski definition) is 0. The highest BCUT2D eigenvalue weighted by molar-refractivity contribution is 6.36. The fourth-order valence-electron chi connectivity index (χ4n) is 3.55. The van der Waals surface area contributed by atoms with Gasteiger partial charge in [0.25, 0.3) is 12.4 Å². The smallest absolute Gasteiger partial charge is 0.297 e. The number of rotatable bonds is 10. The van der Waals surface area contributed by atoms with Gasteiger partial charge >= 0.3 is 0 Å². The van der Waals surface area contributed by atoms with E-state index in [-0.39, 0.29) is 59.0 Å². The third-order valence-corrected chi connectivity index (χ3v) is 5.43. The first kappa shape index (κ1) is 24.6. The van der Waals surface area contributed by atoms with Gasteiger partial charge in [-0.1, -0.05) is 18.5 Å². The van der Waals surface area contributed by atoms with Gasteiger partial charge in [-0.25, -0.2) is 13.2 Å². The van der Waals surface area contributed by atoms with Crippen molar-refractivity contribution in [1.29, 1.82) is 0 Å². The first-order valence-corrected chi connectivity index (χ1v) is 10.7. The molecule has 0 bridgehead atoms. The first-order chi connectivity index (χ1) is 15.2. The lowest BCUT2D eigenvalue weighted by molar-refractivity contribution is -0.215. The Balaban J connectivity index is 1.62. The van der Waals surface area contributed by atoms with E-state index in [2.05, 4.69) is 4.98 Å². The van der Waals surface area contributed by atoms with Crippen LogP contribution in [0.15, 0.2) is 6.07 Å². The topological polar surface area (TPSA) is 71.8 Å². The molecule has 1 aromatic heterocycles. The Bertz CT molecular complexity index is 947. The minimum Gasteiger partial charge on any atom is -0.486 e. The van der Waals surface area contributed by atoms with Crippen LogP contribution in [0.1, 0.15) is 33.1 Å². The van der Waals surface area contributed by atoms with Crippen molar-refractivity contribution >= 4 is 28.4 Å². The molecule has 1 fully saturated rings. The van der Waals surface area contributed by atoms with Crippen LogP contribution in [0, 0.1) is 11.7 Å². The molecule has 11 heteroatoms. The minimum atomic E-state index is -2.72. The molecule has 2 heterocycles. The van der Waals surface area contributed by atoms with E-state index in [4.69, 9.17) is 30.5 Å². The quantitative estimate of drug-likeness (QED) is 0.500. The van der Waals surface area contributed by atoms with Gasteiger partial charge < -0.3 is 23.7 Å². The van der Waals surface area contributed by atoms with Crippen molar-refractivity contribution in [2.24, 2.45) is 13.0 Å². The Labute approximate surface area is 188 Å².